The molecule has 1 fully saturated rings. The summed E-state index contributed by atoms with van der Waals surface area (Å²) >= 11 is 0. The topological polar surface area (TPSA) is 118 Å². The number of ether oxygens (including phenoxy) is 1. The number of nitro groups is 1. The van der Waals surface area contributed by atoms with Crippen LogP contribution in [-0.4, -0.2) is 61.5 Å². The number of methoxy groups -OCH3 is 1. The number of anilines is 2. The molecule has 0 atom stereocenters. The van der Waals surface area contributed by atoms with Crippen LogP contribution in [0.5, 0.6) is 0 Å². The number of esters is 1. The van der Waals surface area contributed by atoms with Crippen LogP contribution < -0.4 is 10.2 Å². The fourth-order valence-electron chi connectivity index (χ4n) is 4.25. The van der Waals surface area contributed by atoms with E-state index in [0.29, 0.717) is 11.3 Å². The SMILES string of the molecule is CCN1CCN(c2ccc(C(=O)OC)cc2NC(=O)c2ccc(-c3ccc(C)cc3[N+](=O)[O-])o2)CC1. The number of benzene rings is 2. The van der Waals surface area contributed by atoms with Crippen LogP contribution in [0.25, 0.3) is 11.3 Å². The van der Waals surface area contributed by atoms with E-state index in [-0.39, 0.29) is 22.8 Å². The highest BCUT2D eigenvalue weighted by Gasteiger charge is 2.23. The fraction of sp³-hybridized carbons (Fsp3) is 0.308. The van der Waals surface area contributed by atoms with E-state index >= 15 is 0 Å². The lowest BCUT2D eigenvalue weighted by atomic mass is 10.1. The smallest absolute Gasteiger partial charge is 0.337 e. The van der Waals surface area contributed by atoms with Gasteiger partial charge in [-0.05, 0) is 55.4 Å². The Morgan fingerprint density at radius 2 is 1.83 bits per heavy atom. The van der Waals surface area contributed by atoms with Gasteiger partial charge in [-0.2, -0.15) is 0 Å². The summed E-state index contributed by atoms with van der Waals surface area (Å²) in [5.74, 6) is -0.845. The van der Waals surface area contributed by atoms with E-state index in [4.69, 9.17) is 9.15 Å². The van der Waals surface area contributed by atoms with Crippen LogP contribution >= 0.6 is 0 Å². The molecule has 1 amide bonds. The molecule has 10 nitrogen and oxygen atoms in total. The van der Waals surface area contributed by atoms with Crippen LogP contribution in [0.4, 0.5) is 17.1 Å². The summed E-state index contributed by atoms with van der Waals surface area (Å²) in [6.45, 7) is 8.18. The van der Waals surface area contributed by atoms with Crippen molar-refractivity contribution >= 4 is 28.9 Å². The molecule has 0 bridgehead atoms. The second-order valence-electron chi connectivity index (χ2n) is 8.54. The zero-order chi connectivity index (χ0) is 25.8. The molecule has 1 aliphatic rings. The van der Waals surface area contributed by atoms with Gasteiger partial charge in [-0.15, -0.1) is 0 Å². The van der Waals surface area contributed by atoms with Crippen LogP contribution in [0.1, 0.15) is 33.4 Å². The minimum Gasteiger partial charge on any atom is -0.465 e. The van der Waals surface area contributed by atoms with E-state index < -0.39 is 16.8 Å². The van der Waals surface area contributed by atoms with Gasteiger partial charge >= 0.3 is 5.97 Å². The van der Waals surface area contributed by atoms with E-state index in [9.17, 15) is 19.7 Å². The maximum Gasteiger partial charge on any atom is 0.337 e. The minimum atomic E-state index is -0.536. The minimum absolute atomic E-state index is 0.00917. The highest BCUT2D eigenvalue weighted by molar-refractivity contribution is 6.05. The first kappa shape index (κ1) is 24.9. The molecule has 36 heavy (non-hydrogen) atoms. The van der Waals surface area contributed by atoms with Gasteiger partial charge in [-0.3, -0.25) is 14.9 Å². The third-order valence-electron chi connectivity index (χ3n) is 6.27. The Hall–Kier alpha value is -4.18. The van der Waals surface area contributed by atoms with Crippen molar-refractivity contribution in [2.75, 3.05) is 50.1 Å². The first-order valence-corrected chi connectivity index (χ1v) is 11.7. The molecule has 0 saturated carbocycles. The van der Waals surface area contributed by atoms with Crippen molar-refractivity contribution in [1.82, 2.24) is 4.90 Å². The number of hydrogen-bond donors (Lipinski definition) is 1. The molecule has 1 N–H and O–H groups in total. The summed E-state index contributed by atoms with van der Waals surface area (Å²) in [5, 5.41) is 14.4. The number of nitrogens with zero attached hydrogens (tertiary/aromatic N) is 3. The van der Waals surface area contributed by atoms with Crippen molar-refractivity contribution in [3.8, 4) is 11.3 Å². The van der Waals surface area contributed by atoms with Crippen molar-refractivity contribution in [1.29, 1.82) is 0 Å². The Bertz CT molecular complexity index is 1290. The average molecular weight is 493 g/mol. The maximum atomic E-state index is 13.1. The molecular weight excluding hydrogens is 464 g/mol. The number of rotatable bonds is 7. The third kappa shape index (κ3) is 5.23. The number of amides is 1. The molecule has 2 heterocycles. The molecule has 1 aliphatic heterocycles. The highest BCUT2D eigenvalue weighted by atomic mass is 16.6. The van der Waals surface area contributed by atoms with Crippen molar-refractivity contribution in [3.05, 3.63) is 75.5 Å². The quantitative estimate of drug-likeness (QED) is 0.294. The van der Waals surface area contributed by atoms with Gasteiger partial charge < -0.3 is 24.3 Å². The van der Waals surface area contributed by atoms with Crippen molar-refractivity contribution in [2.24, 2.45) is 0 Å². The molecule has 1 aromatic heterocycles. The van der Waals surface area contributed by atoms with Gasteiger partial charge in [0.05, 0.1) is 34.5 Å². The number of likely N-dealkylation sites (N-methyl/N-ethyl adjacent to an activating group) is 1. The van der Waals surface area contributed by atoms with Gasteiger partial charge in [0.1, 0.15) is 5.76 Å². The van der Waals surface area contributed by atoms with Crippen LogP contribution in [0.15, 0.2) is 52.9 Å². The average Bonchev–Trinajstić information content (AvgIpc) is 3.38. The van der Waals surface area contributed by atoms with Crippen LogP contribution in [0, 0.1) is 17.0 Å². The predicted octanol–water partition coefficient (Wildman–Crippen LogP) is 4.34. The standard InChI is InChI=1S/C26H28N4O6/c1-4-28-11-13-29(14-12-28)21-8-6-18(26(32)35-3)16-20(21)27-25(31)24-10-9-23(36-24)19-7-5-17(2)15-22(19)30(33)34/h5-10,15-16H,4,11-14H2,1-3H3,(H,27,31). The largest absolute Gasteiger partial charge is 0.465 e. The van der Waals surface area contributed by atoms with E-state index in [1.165, 1.54) is 25.3 Å². The number of nitro benzene ring substituents is 1. The second kappa shape index (κ2) is 10.6. The monoisotopic (exact) mass is 492 g/mol. The molecule has 1 saturated heterocycles. The van der Waals surface area contributed by atoms with Crippen molar-refractivity contribution in [3.63, 3.8) is 0 Å². The molecule has 0 radical (unpaired) electrons. The molecule has 2 aromatic carbocycles. The number of carbonyl (C=O) groups is 2. The van der Waals surface area contributed by atoms with Gasteiger partial charge in [0.15, 0.2) is 5.76 Å². The lowest BCUT2D eigenvalue weighted by Crippen LogP contribution is -2.46. The first-order chi connectivity index (χ1) is 17.3. The zero-order valence-electron chi connectivity index (χ0n) is 20.4. The van der Waals surface area contributed by atoms with Gasteiger partial charge in [-0.25, -0.2) is 4.79 Å². The second-order valence-corrected chi connectivity index (χ2v) is 8.54. The summed E-state index contributed by atoms with van der Waals surface area (Å²) in [6.07, 6.45) is 0. The van der Waals surface area contributed by atoms with Crippen molar-refractivity contribution < 1.29 is 23.7 Å². The molecule has 0 aliphatic carbocycles. The lowest BCUT2D eigenvalue weighted by molar-refractivity contribution is -0.384. The number of furan rings is 1. The maximum absolute atomic E-state index is 13.1. The van der Waals surface area contributed by atoms with Crippen LogP contribution in [0.3, 0.4) is 0 Å². The number of carbonyl (C=O) groups excluding carboxylic acids is 2. The van der Waals surface area contributed by atoms with Crippen molar-refractivity contribution in [2.45, 2.75) is 13.8 Å². The van der Waals surface area contributed by atoms with Gasteiger partial charge in [-0.1, -0.05) is 13.0 Å². The van der Waals surface area contributed by atoms with E-state index in [1.807, 2.05) is 0 Å². The normalized spacial score (nSPS) is 13.9. The summed E-state index contributed by atoms with van der Waals surface area (Å²) in [7, 11) is 1.30. The summed E-state index contributed by atoms with van der Waals surface area (Å²) in [6, 6.07) is 12.9. The number of hydrogen-bond acceptors (Lipinski definition) is 8. The molecule has 3 aromatic rings. The van der Waals surface area contributed by atoms with Gasteiger partial charge in [0, 0.05) is 32.2 Å². The molecular formula is C26H28N4O6. The molecule has 188 valence electrons. The summed E-state index contributed by atoms with van der Waals surface area (Å²) in [4.78, 5) is 40.8. The Kier molecular flexibility index (Phi) is 7.35. The Morgan fingerprint density at radius 1 is 1.08 bits per heavy atom. The van der Waals surface area contributed by atoms with Crippen LogP contribution in [-0.2, 0) is 4.74 Å². The molecule has 0 unspecified atom stereocenters. The fourth-order valence-corrected chi connectivity index (χ4v) is 4.25. The zero-order valence-corrected chi connectivity index (χ0v) is 20.4. The number of piperazine rings is 1. The Labute approximate surface area is 208 Å². The van der Waals surface area contributed by atoms with Gasteiger partial charge in [0.2, 0.25) is 0 Å². The van der Waals surface area contributed by atoms with E-state index in [2.05, 4.69) is 22.0 Å². The van der Waals surface area contributed by atoms with Crippen LogP contribution in [0.2, 0.25) is 0 Å². The van der Waals surface area contributed by atoms with E-state index in [0.717, 1.165) is 44.0 Å². The first-order valence-electron chi connectivity index (χ1n) is 11.7. The number of nitrogens with one attached hydrogen (secondary N) is 1. The summed E-state index contributed by atoms with van der Waals surface area (Å²) < 4.78 is 10.6. The lowest BCUT2D eigenvalue weighted by Gasteiger charge is -2.36. The predicted molar refractivity (Wildman–Crippen MR) is 136 cm³/mol. The highest BCUT2D eigenvalue weighted by Crippen LogP contribution is 2.33. The molecule has 10 heteroatoms. The molecule has 4 rings (SSSR count). The number of aryl methyl sites for hydroxylation is 1. The van der Waals surface area contributed by atoms with E-state index in [1.54, 1.807) is 37.3 Å². The Balaban J connectivity index is 1.62. The van der Waals surface area contributed by atoms with Gasteiger partial charge in [0.25, 0.3) is 11.6 Å². The Morgan fingerprint density at radius 3 is 2.50 bits per heavy atom. The summed E-state index contributed by atoms with van der Waals surface area (Å²) in [5.41, 5.74) is 2.47. The third-order valence-corrected chi connectivity index (χ3v) is 6.27. The molecule has 0 spiro atoms.